The number of hydrogen-bond acceptors (Lipinski definition) is 3. The van der Waals surface area contributed by atoms with Gasteiger partial charge < -0.3 is 0 Å². The van der Waals surface area contributed by atoms with Crippen molar-refractivity contribution in [1.82, 2.24) is 9.88 Å². The van der Waals surface area contributed by atoms with Crippen molar-refractivity contribution < 1.29 is 0 Å². The molecule has 1 aliphatic heterocycles. The van der Waals surface area contributed by atoms with Crippen LogP contribution in [0.5, 0.6) is 0 Å². The van der Waals surface area contributed by atoms with Gasteiger partial charge >= 0.3 is 167 Å². The Morgan fingerprint density at radius 3 is 1.88 bits per heavy atom. The van der Waals surface area contributed by atoms with Crippen molar-refractivity contribution in [1.29, 1.82) is 0 Å². The molecule has 0 aromatic carbocycles. The van der Waals surface area contributed by atoms with E-state index < -0.39 is 18.4 Å². The first kappa shape index (κ1) is 22.0. The molecule has 1 fully saturated rings. The molecule has 2 rings (SSSR count). The van der Waals surface area contributed by atoms with Crippen LogP contribution in [-0.4, -0.2) is 61.5 Å². The summed E-state index contributed by atoms with van der Waals surface area (Å²) in [5.74, 6) is 1.25. The van der Waals surface area contributed by atoms with Gasteiger partial charge in [-0.1, -0.05) is 0 Å². The molecule has 1 aromatic heterocycles. The van der Waals surface area contributed by atoms with Crippen molar-refractivity contribution in [3.63, 3.8) is 0 Å². The molecular weight excluding hydrogens is 425 g/mol. The van der Waals surface area contributed by atoms with Gasteiger partial charge in [-0.3, -0.25) is 0 Å². The molecule has 0 amide bonds. The molecular formula is C22H41N3Sn. The van der Waals surface area contributed by atoms with Crippen LogP contribution in [0.25, 0.3) is 0 Å². The number of aromatic nitrogens is 1. The van der Waals surface area contributed by atoms with Crippen molar-refractivity contribution in [3.05, 3.63) is 18.2 Å². The second-order valence-electron chi connectivity index (χ2n) is 8.26. The SMILES string of the molecule is CCC[CH2][Sn]([CH2]CCC)([CH2]CCC)[c]1cccc(N2CCN(C)CC2)n1. The molecule has 0 bridgehead atoms. The van der Waals surface area contributed by atoms with Crippen LogP contribution in [0.15, 0.2) is 18.2 Å². The molecule has 1 saturated heterocycles. The number of nitrogens with zero attached hydrogens (tertiary/aromatic N) is 3. The maximum atomic E-state index is 5.35. The molecule has 0 radical (unpaired) electrons. The van der Waals surface area contributed by atoms with Gasteiger partial charge in [0.1, 0.15) is 0 Å². The first-order valence-corrected chi connectivity index (χ1v) is 18.5. The number of rotatable bonds is 11. The molecule has 26 heavy (non-hydrogen) atoms. The topological polar surface area (TPSA) is 19.4 Å². The summed E-state index contributed by atoms with van der Waals surface area (Å²) in [6.07, 6.45) is 8.21. The Hall–Kier alpha value is -0.291. The molecule has 0 N–H and O–H groups in total. The van der Waals surface area contributed by atoms with Crippen LogP contribution in [0.1, 0.15) is 59.3 Å². The predicted octanol–water partition coefficient (Wildman–Crippen LogP) is 4.89. The molecule has 0 saturated carbocycles. The second-order valence-corrected chi connectivity index (χ2v) is 21.3. The summed E-state index contributed by atoms with van der Waals surface area (Å²) < 4.78 is 6.09. The zero-order valence-electron chi connectivity index (χ0n) is 17.8. The van der Waals surface area contributed by atoms with E-state index in [-0.39, 0.29) is 0 Å². The van der Waals surface area contributed by atoms with Crippen LogP contribution in [0, 0.1) is 0 Å². The van der Waals surface area contributed by atoms with Crippen LogP contribution in [0.2, 0.25) is 13.3 Å². The maximum absolute atomic E-state index is 5.35. The Morgan fingerprint density at radius 2 is 1.38 bits per heavy atom. The third-order valence-corrected chi connectivity index (χ3v) is 21.3. The molecule has 1 aliphatic rings. The normalized spacial score (nSPS) is 16.2. The Kier molecular flexibility index (Phi) is 9.76. The van der Waals surface area contributed by atoms with Crippen molar-refractivity contribution in [2.45, 2.75) is 72.6 Å². The van der Waals surface area contributed by atoms with Crippen LogP contribution >= 0.6 is 0 Å². The third-order valence-electron chi connectivity index (χ3n) is 6.13. The van der Waals surface area contributed by atoms with Gasteiger partial charge in [-0.15, -0.1) is 0 Å². The van der Waals surface area contributed by atoms with Gasteiger partial charge in [0.2, 0.25) is 0 Å². The number of pyridine rings is 1. The summed E-state index contributed by atoms with van der Waals surface area (Å²) in [5.41, 5.74) is 0. The van der Waals surface area contributed by atoms with Crippen LogP contribution in [0.3, 0.4) is 0 Å². The van der Waals surface area contributed by atoms with Gasteiger partial charge in [0.15, 0.2) is 0 Å². The Labute approximate surface area is 166 Å². The van der Waals surface area contributed by atoms with Crippen molar-refractivity contribution in [3.8, 4) is 0 Å². The van der Waals surface area contributed by atoms with E-state index in [0.29, 0.717) is 0 Å². The van der Waals surface area contributed by atoms with Gasteiger partial charge in [0, 0.05) is 0 Å². The molecule has 3 nitrogen and oxygen atoms in total. The quantitative estimate of drug-likeness (QED) is 0.433. The molecule has 0 unspecified atom stereocenters. The van der Waals surface area contributed by atoms with E-state index in [2.05, 4.69) is 55.8 Å². The summed E-state index contributed by atoms with van der Waals surface area (Å²) in [7, 11) is 2.23. The van der Waals surface area contributed by atoms with E-state index in [1.54, 1.807) is 3.71 Å². The fraction of sp³-hybridized carbons (Fsp3) is 0.773. The zero-order chi connectivity index (χ0) is 18.8. The number of hydrogen-bond donors (Lipinski definition) is 0. The summed E-state index contributed by atoms with van der Waals surface area (Å²) in [6, 6.07) is 6.98. The predicted molar refractivity (Wildman–Crippen MR) is 118 cm³/mol. The van der Waals surface area contributed by atoms with E-state index >= 15 is 0 Å². The van der Waals surface area contributed by atoms with E-state index in [4.69, 9.17) is 4.98 Å². The minimum atomic E-state index is -2.40. The fourth-order valence-corrected chi connectivity index (χ4v) is 19.7. The average molecular weight is 466 g/mol. The number of anilines is 1. The Morgan fingerprint density at radius 1 is 0.846 bits per heavy atom. The molecule has 1 aromatic rings. The van der Waals surface area contributed by atoms with Crippen molar-refractivity contribution >= 4 is 27.9 Å². The first-order chi connectivity index (χ1) is 12.6. The van der Waals surface area contributed by atoms with Gasteiger partial charge in [-0.25, -0.2) is 0 Å². The Bertz CT molecular complexity index is 490. The van der Waals surface area contributed by atoms with Crippen LogP contribution < -0.4 is 8.61 Å². The molecule has 4 heteroatoms. The van der Waals surface area contributed by atoms with Crippen LogP contribution in [-0.2, 0) is 0 Å². The van der Waals surface area contributed by atoms with Gasteiger partial charge in [0.05, 0.1) is 0 Å². The first-order valence-electron chi connectivity index (χ1n) is 11.1. The van der Waals surface area contributed by atoms with Gasteiger partial charge in [-0.2, -0.15) is 0 Å². The molecule has 2 heterocycles. The minimum absolute atomic E-state index is 1.12. The molecule has 0 aliphatic carbocycles. The molecule has 0 spiro atoms. The molecule has 148 valence electrons. The summed E-state index contributed by atoms with van der Waals surface area (Å²) in [4.78, 5) is 10.3. The number of unbranched alkanes of at least 4 members (excludes halogenated alkanes) is 3. The van der Waals surface area contributed by atoms with Crippen molar-refractivity contribution in [2.24, 2.45) is 0 Å². The number of piperazine rings is 1. The average Bonchev–Trinajstić information content (AvgIpc) is 2.68. The second kappa shape index (κ2) is 11.5. The van der Waals surface area contributed by atoms with Crippen LogP contribution in [0.4, 0.5) is 5.82 Å². The summed E-state index contributed by atoms with van der Waals surface area (Å²) >= 11 is -2.40. The fourth-order valence-electron chi connectivity index (χ4n) is 4.24. The van der Waals surface area contributed by atoms with Gasteiger partial charge in [-0.05, 0) is 0 Å². The summed E-state index contributed by atoms with van der Waals surface area (Å²) in [6.45, 7) is 11.6. The van der Waals surface area contributed by atoms with E-state index in [1.807, 2.05) is 0 Å². The third kappa shape index (κ3) is 6.12. The standard InChI is InChI=1S/C10H14N3.3C4H9.Sn/c1-12-6-8-13(9-7-12)10-4-2-3-5-11-10;3*1-3-4-2;/h2-4H,6-9H2,1H3;3*1,3-4H2,2H3;. The van der Waals surface area contributed by atoms with Gasteiger partial charge in [0.25, 0.3) is 0 Å². The van der Waals surface area contributed by atoms with Crippen molar-refractivity contribution in [2.75, 3.05) is 38.1 Å². The molecule has 0 atom stereocenters. The Balaban J connectivity index is 2.27. The van der Waals surface area contributed by atoms with E-state index in [1.165, 1.54) is 57.7 Å². The number of likely N-dealkylation sites (N-methyl/N-ethyl adjacent to an activating group) is 1. The van der Waals surface area contributed by atoms with E-state index in [0.717, 1.165) is 26.2 Å². The zero-order valence-corrected chi connectivity index (χ0v) is 20.6. The van der Waals surface area contributed by atoms with E-state index in [9.17, 15) is 0 Å². The monoisotopic (exact) mass is 467 g/mol. The summed E-state index contributed by atoms with van der Waals surface area (Å²) in [5, 5.41) is 0.